The number of nitrogens with zero attached hydrogens (tertiary/aromatic N) is 2. The average molecular weight is 328 g/mol. The minimum Gasteiger partial charge on any atom is -0.342 e. The molecule has 1 atom stereocenters. The van der Waals surface area contributed by atoms with E-state index in [4.69, 9.17) is 0 Å². The summed E-state index contributed by atoms with van der Waals surface area (Å²) in [5.41, 5.74) is 1.80. The molecular formula is C20H28N2O2. The van der Waals surface area contributed by atoms with Crippen LogP contribution >= 0.6 is 0 Å². The van der Waals surface area contributed by atoms with Gasteiger partial charge in [-0.2, -0.15) is 0 Å². The molecule has 4 heteroatoms. The number of carbonyl (C=O) groups is 2. The Balaban J connectivity index is 1.56. The molecule has 2 aliphatic rings. The number of hydrogen-bond acceptors (Lipinski definition) is 2. The van der Waals surface area contributed by atoms with Crippen molar-refractivity contribution in [1.29, 1.82) is 0 Å². The molecule has 0 saturated carbocycles. The fourth-order valence-corrected chi connectivity index (χ4v) is 3.96. The molecule has 0 radical (unpaired) electrons. The number of likely N-dealkylation sites (tertiary alicyclic amines) is 2. The number of amides is 2. The first kappa shape index (κ1) is 17.0. The van der Waals surface area contributed by atoms with Gasteiger partial charge in [0.1, 0.15) is 0 Å². The summed E-state index contributed by atoms with van der Waals surface area (Å²) in [6, 6.07) is 7.73. The molecule has 0 N–H and O–H groups in total. The molecule has 3 rings (SSSR count). The standard InChI is InChI=1S/C20H28N2O2/c1-15-6-5-11-22(14-15)19(23)17-9-12-21(13-10-17)20(24)18-8-4-3-7-16(18)2/h3-4,7-8,15,17H,5-6,9-14H2,1-2H3. The Morgan fingerprint density at radius 1 is 1.00 bits per heavy atom. The molecule has 2 aliphatic heterocycles. The van der Waals surface area contributed by atoms with E-state index in [0.717, 1.165) is 43.5 Å². The van der Waals surface area contributed by atoms with Crippen LogP contribution in [0.3, 0.4) is 0 Å². The van der Waals surface area contributed by atoms with Gasteiger partial charge in [-0.3, -0.25) is 9.59 Å². The lowest BCUT2D eigenvalue weighted by atomic mass is 9.92. The first-order chi connectivity index (χ1) is 11.6. The number of hydrogen-bond donors (Lipinski definition) is 0. The third-order valence-electron chi connectivity index (χ3n) is 5.48. The number of aryl methyl sites for hydroxylation is 1. The van der Waals surface area contributed by atoms with E-state index in [9.17, 15) is 9.59 Å². The van der Waals surface area contributed by atoms with Crippen molar-refractivity contribution < 1.29 is 9.59 Å². The van der Waals surface area contributed by atoms with Crippen LogP contribution in [-0.4, -0.2) is 47.8 Å². The topological polar surface area (TPSA) is 40.6 Å². The maximum atomic E-state index is 12.7. The van der Waals surface area contributed by atoms with Gasteiger partial charge in [-0.1, -0.05) is 25.1 Å². The normalized spacial score (nSPS) is 22.5. The van der Waals surface area contributed by atoms with Crippen molar-refractivity contribution in [3.05, 3.63) is 35.4 Å². The molecule has 0 aliphatic carbocycles. The van der Waals surface area contributed by atoms with Crippen molar-refractivity contribution in [2.24, 2.45) is 11.8 Å². The molecule has 4 nitrogen and oxygen atoms in total. The van der Waals surface area contributed by atoms with Crippen LogP contribution in [0.5, 0.6) is 0 Å². The Labute approximate surface area is 144 Å². The van der Waals surface area contributed by atoms with Gasteiger partial charge in [-0.15, -0.1) is 0 Å². The van der Waals surface area contributed by atoms with E-state index in [-0.39, 0.29) is 11.8 Å². The predicted molar refractivity (Wildman–Crippen MR) is 94.8 cm³/mol. The fourth-order valence-electron chi connectivity index (χ4n) is 3.96. The summed E-state index contributed by atoms with van der Waals surface area (Å²) in [7, 11) is 0. The summed E-state index contributed by atoms with van der Waals surface area (Å²) in [6.07, 6.45) is 3.94. The zero-order valence-electron chi connectivity index (χ0n) is 14.8. The summed E-state index contributed by atoms with van der Waals surface area (Å²) >= 11 is 0. The van der Waals surface area contributed by atoms with E-state index in [1.165, 1.54) is 6.42 Å². The summed E-state index contributed by atoms with van der Waals surface area (Å²) in [4.78, 5) is 29.4. The quantitative estimate of drug-likeness (QED) is 0.837. The highest BCUT2D eigenvalue weighted by atomic mass is 16.2. The highest BCUT2D eigenvalue weighted by Gasteiger charge is 2.32. The van der Waals surface area contributed by atoms with Crippen molar-refractivity contribution in [2.45, 2.75) is 39.5 Å². The van der Waals surface area contributed by atoms with Gasteiger partial charge in [-0.05, 0) is 50.2 Å². The Hall–Kier alpha value is -1.84. The highest BCUT2D eigenvalue weighted by molar-refractivity contribution is 5.95. The zero-order valence-corrected chi connectivity index (χ0v) is 14.8. The zero-order chi connectivity index (χ0) is 17.1. The van der Waals surface area contributed by atoms with Crippen molar-refractivity contribution in [2.75, 3.05) is 26.2 Å². The molecule has 0 bridgehead atoms. The van der Waals surface area contributed by atoms with Gasteiger partial charge in [0.2, 0.25) is 5.91 Å². The van der Waals surface area contributed by atoms with E-state index in [2.05, 4.69) is 11.8 Å². The van der Waals surface area contributed by atoms with E-state index in [1.54, 1.807) is 0 Å². The van der Waals surface area contributed by atoms with Gasteiger partial charge in [-0.25, -0.2) is 0 Å². The number of carbonyl (C=O) groups excluding carboxylic acids is 2. The second kappa shape index (κ2) is 7.37. The first-order valence-electron chi connectivity index (χ1n) is 9.20. The van der Waals surface area contributed by atoms with E-state index in [0.29, 0.717) is 24.9 Å². The SMILES string of the molecule is Cc1ccccc1C(=O)N1CCC(C(=O)N2CCCC(C)C2)CC1. The van der Waals surface area contributed by atoms with Gasteiger partial charge in [0, 0.05) is 37.7 Å². The molecule has 2 heterocycles. The van der Waals surface area contributed by atoms with Gasteiger partial charge < -0.3 is 9.80 Å². The Morgan fingerprint density at radius 2 is 1.71 bits per heavy atom. The Kier molecular flexibility index (Phi) is 5.22. The second-order valence-corrected chi connectivity index (χ2v) is 7.41. The number of rotatable bonds is 2. The maximum absolute atomic E-state index is 12.7. The molecule has 2 fully saturated rings. The molecule has 2 saturated heterocycles. The second-order valence-electron chi connectivity index (χ2n) is 7.41. The van der Waals surface area contributed by atoms with Crippen LogP contribution in [0, 0.1) is 18.8 Å². The van der Waals surface area contributed by atoms with Crippen molar-refractivity contribution in [1.82, 2.24) is 9.80 Å². The maximum Gasteiger partial charge on any atom is 0.254 e. The molecular weight excluding hydrogens is 300 g/mol. The summed E-state index contributed by atoms with van der Waals surface area (Å²) in [5, 5.41) is 0. The van der Waals surface area contributed by atoms with Gasteiger partial charge in [0.25, 0.3) is 5.91 Å². The minimum atomic E-state index is 0.0937. The summed E-state index contributed by atoms with van der Waals surface area (Å²) < 4.78 is 0. The van der Waals surface area contributed by atoms with Crippen LogP contribution in [0.15, 0.2) is 24.3 Å². The van der Waals surface area contributed by atoms with Crippen LogP contribution in [-0.2, 0) is 4.79 Å². The van der Waals surface area contributed by atoms with Crippen LogP contribution in [0.2, 0.25) is 0 Å². The predicted octanol–water partition coefficient (Wildman–Crippen LogP) is 3.11. The van der Waals surface area contributed by atoms with Gasteiger partial charge in [0.05, 0.1) is 0 Å². The Bertz CT molecular complexity index is 605. The van der Waals surface area contributed by atoms with E-state index < -0.39 is 0 Å². The third-order valence-corrected chi connectivity index (χ3v) is 5.48. The lowest BCUT2D eigenvalue weighted by Crippen LogP contribution is -2.47. The number of benzene rings is 1. The average Bonchev–Trinajstić information content (AvgIpc) is 2.61. The molecule has 0 aromatic heterocycles. The minimum absolute atomic E-state index is 0.0937. The summed E-state index contributed by atoms with van der Waals surface area (Å²) in [5.74, 6) is 1.12. The van der Waals surface area contributed by atoms with Gasteiger partial charge >= 0.3 is 0 Å². The van der Waals surface area contributed by atoms with Crippen LogP contribution < -0.4 is 0 Å². The van der Waals surface area contributed by atoms with E-state index in [1.807, 2.05) is 36.1 Å². The van der Waals surface area contributed by atoms with Crippen molar-refractivity contribution in [3.63, 3.8) is 0 Å². The third kappa shape index (κ3) is 3.63. The number of piperidine rings is 2. The summed E-state index contributed by atoms with van der Waals surface area (Å²) in [6.45, 7) is 7.39. The highest BCUT2D eigenvalue weighted by Crippen LogP contribution is 2.24. The monoisotopic (exact) mass is 328 g/mol. The van der Waals surface area contributed by atoms with Gasteiger partial charge in [0.15, 0.2) is 0 Å². The first-order valence-corrected chi connectivity index (χ1v) is 9.20. The van der Waals surface area contributed by atoms with Crippen LogP contribution in [0.1, 0.15) is 48.5 Å². The van der Waals surface area contributed by atoms with Crippen LogP contribution in [0.25, 0.3) is 0 Å². The van der Waals surface area contributed by atoms with Crippen LogP contribution in [0.4, 0.5) is 0 Å². The van der Waals surface area contributed by atoms with Crippen molar-refractivity contribution >= 4 is 11.8 Å². The Morgan fingerprint density at radius 3 is 2.38 bits per heavy atom. The molecule has 130 valence electrons. The molecule has 1 unspecified atom stereocenters. The van der Waals surface area contributed by atoms with E-state index >= 15 is 0 Å². The smallest absolute Gasteiger partial charge is 0.254 e. The fraction of sp³-hybridized carbons (Fsp3) is 0.600. The molecule has 1 aromatic rings. The molecule has 1 aromatic carbocycles. The lowest BCUT2D eigenvalue weighted by Gasteiger charge is -2.37. The molecule has 24 heavy (non-hydrogen) atoms. The molecule has 0 spiro atoms. The molecule has 2 amide bonds. The largest absolute Gasteiger partial charge is 0.342 e. The lowest BCUT2D eigenvalue weighted by molar-refractivity contribution is -0.138. The van der Waals surface area contributed by atoms with Crippen molar-refractivity contribution in [3.8, 4) is 0 Å².